The second kappa shape index (κ2) is 5.23. The first-order valence-electron chi connectivity index (χ1n) is 7.57. The molecule has 0 spiro atoms. The van der Waals surface area contributed by atoms with Gasteiger partial charge in [-0.3, -0.25) is 4.98 Å². The third-order valence-corrected chi connectivity index (χ3v) is 4.81. The lowest BCUT2D eigenvalue weighted by Crippen LogP contribution is -2.41. The first kappa shape index (κ1) is 14.8. The molecule has 1 aromatic heterocycles. The summed E-state index contributed by atoms with van der Waals surface area (Å²) >= 11 is 0. The van der Waals surface area contributed by atoms with E-state index in [2.05, 4.69) is 50.1 Å². The monoisotopic (exact) mass is 286 g/mol. The van der Waals surface area contributed by atoms with E-state index in [-0.39, 0.29) is 18.3 Å². The fraction of sp³-hybridized carbons (Fsp3) is 0.562. The molecule has 5 heteroatoms. The number of pyridine rings is 1. The quantitative estimate of drug-likeness (QED) is 0.867. The topological polar surface area (TPSA) is 43.4 Å². The number of nitrogens with zero attached hydrogens (tertiary/aromatic N) is 1. The lowest BCUT2D eigenvalue weighted by molar-refractivity contribution is 0.00578. The van der Waals surface area contributed by atoms with Crippen LogP contribution in [0.4, 0.5) is 0 Å². The fourth-order valence-electron chi connectivity index (χ4n) is 2.59. The molecule has 112 valence electrons. The van der Waals surface area contributed by atoms with Crippen LogP contribution in [0.2, 0.25) is 0 Å². The Morgan fingerprint density at radius 1 is 1.24 bits per heavy atom. The summed E-state index contributed by atoms with van der Waals surface area (Å²) in [6.07, 6.45) is 5.85. The molecule has 0 bridgehead atoms. The highest BCUT2D eigenvalue weighted by Crippen LogP contribution is 2.37. The van der Waals surface area contributed by atoms with E-state index in [1.165, 1.54) is 5.56 Å². The summed E-state index contributed by atoms with van der Waals surface area (Å²) in [6, 6.07) is 2.11. The van der Waals surface area contributed by atoms with Crippen LogP contribution in [0.15, 0.2) is 24.4 Å². The summed E-state index contributed by atoms with van der Waals surface area (Å²) in [6.45, 7) is 10.3. The molecule has 3 rings (SSSR count). The van der Waals surface area contributed by atoms with E-state index < -0.39 is 0 Å². The Bertz CT molecular complexity index is 537. The van der Waals surface area contributed by atoms with Crippen molar-refractivity contribution in [2.45, 2.75) is 44.8 Å². The van der Waals surface area contributed by atoms with Crippen LogP contribution in [0.3, 0.4) is 0 Å². The van der Waals surface area contributed by atoms with E-state index in [4.69, 9.17) is 9.31 Å². The zero-order valence-corrected chi connectivity index (χ0v) is 13.2. The molecule has 2 aliphatic rings. The van der Waals surface area contributed by atoms with Gasteiger partial charge in [-0.1, -0.05) is 12.1 Å². The van der Waals surface area contributed by atoms with Crippen LogP contribution in [0.25, 0.3) is 6.08 Å². The molecule has 1 aromatic rings. The van der Waals surface area contributed by atoms with E-state index >= 15 is 0 Å². The SMILES string of the molecule is CC1(C)OB(/C=C/c2cnccc2C2CNC2)OC1(C)C. The summed E-state index contributed by atoms with van der Waals surface area (Å²) < 4.78 is 12.0. The maximum atomic E-state index is 5.98. The molecule has 2 saturated heterocycles. The van der Waals surface area contributed by atoms with Crippen molar-refractivity contribution in [1.29, 1.82) is 0 Å². The van der Waals surface area contributed by atoms with Gasteiger partial charge in [0.1, 0.15) is 0 Å². The molecule has 4 nitrogen and oxygen atoms in total. The van der Waals surface area contributed by atoms with E-state index in [1.54, 1.807) is 0 Å². The molecular weight excluding hydrogens is 263 g/mol. The molecule has 0 unspecified atom stereocenters. The molecular formula is C16H23BN2O2. The zero-order chi connectivity index (χ0) is 15.1. The summed E-state index contributed by atoms with van der Waals surface area (Å²) in [5.74, 6) is 2.58. The average Bonchev–Trinajstić information content (AvgIpc) is 2.55. The molecule has 0 aromatic carbocycles. The highest BCUT2D eigenvalue weighted by atomic mass is 16.7. The predicted molar refractivity (Wildman–Crippen MR) is 85.0 cm³/mol. The normalized spacial score (nSPS) is 24.5. The third kappa shape index (κ3) is 2.78. The third-order valence-electron chi connectivity index (χ3n) is 4.81. The van der Waals surface area contributed by atoms with Gasteiger partial charge in [-0.2, -0.15) is 0 Å². The van der Waals surface area contributed by atoms with Gasteiger partial charge in [0.25, 0.3) is 0 Å². The summed E-state index contributed by atoms with van der Waals surface area (Å²) in [4.78, 5) is 4.24. The second-order valence-corrected chi connectivity index (χ2v) is 6.84. The van der Waals surface area contributed by atoms with Crippen molar-refractivity contribution in [3.05, 3.63) is 35.6 Å². The first-order chi connectivity index (χ1) is 9.89. The lowest BCUT2D eigenvalue weighted by Gasteiger charge is -2.32. The average molecular weight is 286 g/mol. The first-order valence-corrected chi connectivity index (χ1v) is 7.57. The van der Waals surface area contributed by atoms with E-state index in [0.29, 0.717) is 5.92 Å². The minimum Gasteiger partial charge on any atom is -0.400 e. The Kier molecular flexibility index (Phi) is 3.68. The predicted octanol–water partition coefficient (Wildman–Crippen LogP) is 2.41. The van der Waals surface area contributed by atoms with Crippen molar-refractivity contribution >= 4 is 13.2 Å². The highest BCUT2D eigenvalue weighted by molar-refractivity contribution is 6.52. The Balaban J connectivity index is 1.76. The van der Waals surface area contributed by atoms with E-state index in [9.17, 15) is 0 Å². The highest BCUT2D eigenvalue weighted by Gasteiger charge is 2.50. The molecule has 21 heavy (non-hydrogen) atoms. The van der Waals surface area contributed by atoms with Crippen molar-refractivity contribution in [1.82, 2.24) is 10.3 Å². The van der Waals surface area contributed by atoms with Gasteiger partial charge >= 0.3 is 7.12 Å². The minimum atomic E-state index is -0.303. The van der Waals surface area contributed by atoms with Crippen LogP contribution in [-0.2, 0) is 9.31 Å². The molecule has 1 N–H and O–H groups in total. The molecule has 0 atom stereocenters. The Labute approximate surface area is 127 Å². The van der Waals surface area contributed by atoms with Gasteiger partial charge in [-0.25, -0.2) is 0 Å². The van der Waals surface area contributed by atoms with Crippen molar-refractivity contribution in [3.63, 3.8) is 0 Å². The number of rotatable bonds is 3. The Hall–Kier alpha value is -1.17. The van der Waals surface area contributed by atoms with E-state index in [0.717, 1.165) is 18.7 Å². The zero-order valence-electron chi connectivity index (χ0n) is 13.2. The summed E-state index contributed by atoms with van der Waals surface area (Å²) in [5.41, 5.74) is 1.91. The lowest BCUT2D eigenvalue weighted by atomic mass is 9.86. The van der Waals surface area contributed by atoms with Gasteiger partial charge < -0.3 is 14.6 Å². The molecule has 2 aliphatic heterocycles. The van der Waals surface area contributed by atoms with Crippen LogP contribution >= 0.6 is 0 Å². The van der Waals surface area contributed by atoms with Gasteiger partial charge in [0.15, 0.2) is 0 Å². The van der Waals surface area contributed by atoms with Gasteiger partial charge in [-0.15, -0.1) is 0 Å². The number of nitrogens with one attached hydrogen (secondary N) is 1. The van der Waals surface area contributed by atoms with Gasteiger partial charge in [0.05, 0.1) is 11.2 Å². The Morgan fingerprint density at radius 2 is 1.90 bits per heavy atom. The largest absolute Gasteiger partial charge is 0.487 e. The summed E-state index contributed by atoms with van der Waals surface area (Å²) in [5, 5.41) is 3.31. The summed E-state index contributed by atoms with van der Waals surface area (Å²) in [7, 11) is -0.303. The minimum absolute atomic E-state index is 0.294. The molecule has 0 radical (unpaired) electrons. The van der Waals surface area contributed by atoms with E-state index in [1.807, 2.05) is 18.4 Å². The van der Waals surface area contributed by atoms with Crippen molar-refractivity contribution < 1.29 is 9.31 Å². The second-order valence-electron chi connectivity index (χ2n) is 6.84. The van der Waals surface area contributed by atoms with Crippen LogP contribution in [0.1, 0.15) is 44.7 Å². The molecule has 2 fully saturated rings. The van der Waals surface area contributed by atoms with Gasteiger partial charge in [0, 0.05) is 31.4 Å². The molecule has 3 heterocycles. The number of hydrogen-bond acceptors (Lipinski definition) is 4. The van der Waals surface area contributed by atoms with Gasteiger partial charge in [0.2, 0.25) is 0 Å². The van der Waals surface area contributed by atoms with Crippen LogP contribution in [-0.4, -0.2) is 36.4 Å². The maximum Gasteiger partial charge on any atom is 0.487 e. The molecule has 0 saturated carbocycles. The van der Waals surface area contributed by atoms with Gasteiger partial charge in [-0.05, 0) is 44.9 Å². The fourth-order valence-corrected chi connectivity index (χ4v) is 2.59. The number of hydrogen-bond donors (Lipinski definition) is 1. The molecule has 0 amide bonds. The van der Waals surface area contributed by atoms with Crippen molar-refractivity contribution in [2.75, 3.05) is 13.1 Å². The van der Waals surface area contributed by atoms with Crippen LogP contribution < -0.4 is 5.32 Å². The van der Waals surface area contributed by atoms with Crippen LogP contribution in [0.5, 0.6) is 0 Å². The standard InChI is InChI=1S/C16H23BN2O2/c1-15(2)16(3,4)21-17(20-15)7-5-12-9-18-8-6-14(12)13-10-19-11-13/h5-9,13,19H,10-11H2,1-4H3/b7-5+. The van der Waals surface area contributed by atoms with Crippen molar-refractivity contribution in [2.24, 2.45) is 0 Å². The smallest absolute Gasteiger partial charge is 0.400 e. The number of aromatic nitrogens is 1. The molecule has 0 aliphatic carbocycles. The van der Waals surface area contributed by atoms with Crippen molar-refractivity contribution in [3.8, 4) is 0 Å². The van der Waals surface area contributed by atoms with Crippen LogP contribution in [0, 0.1) is 0 Å². The Morgan fingerprint density at radius 3 is 2.48 bits per heavy atom. The maximum absolute atomic E-state index is 5.98.